The van der Waals surface area contributed by atoms with Gasteiger partial charge in [0.05, 0.1) is 6.26 Å². The minimum absolute atomic E-state index is 0. The number of hydrogen-bond acceptors (Lipinski definition) is 5. The van der Waals surface area contributed by atoms with Gasteiger partial charge in [0.1, 0.15) is 0 Å². The number of rotatable bonds is 1. The van der Waals surface area contributed by atoms with Crippen molar-refractivity contribution in [1.29, 1.82) is 0 Å². The van der Waals surface area contributed by atoms with Crippen molar-refractivity contribution in [3.8, 4) is 0 Å². The van der Waals surface area contributed by atoms with Crippen molar-refractivity contribution in [3.63, 3.8) is 0 Å². The fraction of sp³-hybridized carbons (Fsp3) is 0.250. The highest BCUT2D eigenvalue weighted by molar-refractivity contribution is 5.66. The summed E-state index contributed by atoms with van der Waals surface area (Å²) >= 11 is 0. The van der Waals surface area contributed by atoms with Crippen molar-refractivity contribution in [2.75, 3.05) is 0 Å². The first-order valence-corrected chi connectivity index (χ1v) is 3.15. The van der Waals surface area contributed by atoms with Gasteiger partial charge < -0.3 is 15.3 Å². The van der Waals surface area contributed by atoms with E-state index in [1.165, 1.54) is 6.92 Å². The summed E-state index contributed by atoms with van der Waals surface area (Å²) in [4.78, 5) is 32.8. The average molecular weight is 224 g/mol. The quantitative estimate of drug-likeness (QED) is 0.398. The molecule has 0 aromatic rings. The Hall–Kier alpha value is -2.02. The van der Waals surface area contributed by atoms with Crippen molar-refractivity contribution >= 4 is 11.9 Å². The molecule has 7 nitrogen and oxygen atoms in total. The number of ether oxygens (including phenoxy) is 1. The molecule has 0 atom stereocenters. The molecule has 0 saturated carbocycles. The SMILES string of the molecule is C=C.C=COC(C)=O.CC(=O)O.O.O=O. The van der Waals surface area contributed by atoms with Crippen LogP contribution in [-0.4, -0.2) is 22.5 Å². The van der Waals surface area contributed by atoms with Gasteiger partial charge in [0, 0.05) is 23.8 Å². The number of carboxylic acids is 1. The first kappa shape index (κ1) is 29.3. The lowest BCUT2D eigenvalue weighted by molar-refractivity contribution is -0.136. The normalized spacial score (nSPS) is 4.93. The molecular weight excluding hydrogens is 208 g/mol. The zero-order chi connectivity index (χ0) is 12.6. The molecule has 0 fully saturated rings. The van der Waals surface area contributed by atoms with Crippen LogP contribution in [0.1, 0.15) is 13.8 Å². The summed E-state index contributed by atoms with van der Waals surface area (Å²) in [5.41, 5.74) is 0. The number of hydrogen-bond donors (Lipinski definition) is 1. The maximum absolute atomic E-state index is 9.75. The van der Waals surface area contributed by atoms with Crippen LogP contribution < -0.4 is 0 Å². The minimum Gasteiger partial charge on any atom is -0.481 e. The fourth-order valence-corrected chi connectivity index (χ4v) is 0.117. The predicted octanol–water partition coefficient (Wildman–Crippen LogP) is 0.828. The fourth-order valence-electron chi connectivity index (χ4n) is 0.117. The molecule has 3 N–H and O–H groups in total. The number of esters is 1. The van der Waals surface area contributed by atoms with Crippen LogP contribution in [0.4, 0.5) is 0 Å². The summed E-state index contributed by atoms with van der Waals surface area (Å²) in [5, 5.41) is 7.42. The highest BCUT2D eigenvalue weighted by atomic mass is 16.7. The lowest BCUT2D eigenvalue weighted by Gasteiger charge is -1.83. The molecule has 0 aliphatic rings. The van der Waals surface area contributed by atoms with E-state index in [4.69, 9.17) is 19.8 Å². The Labute approximate surface area is 87.6 Å². The van der Waals surface area contributed by atoms with Gasteiger partial charge in [-0.3, -0.25) is 9.59 Å². The molecule has 0 heterocycles. The molecule has 0 spiro atoms. The summed E-state index contributed by atoms with van der Waals surface area (Å²) in [6.07, 6.45) is 1.10. The third kappa shape index (κ3) is 1240. The van der Waals surface area contributed by atoms with Gasteiger partial charge in [0.2, 0.25) is 0 Å². The first-order chi connectivity index (χ1) is 6.50. The Morgan fingerprint density at radius 2 is 1.40 bits per heavy atom. The predicted molar refractivity (Wildman–Crippen MR) is 56.9 cm³/mol. The number of aliphatic carboxylic acids is 1. The third-order valence-corrected chi connectivity index (χ3v) is 0.249. The van der Waals surface area contributed by atoms with Gasteiger partial charge in [-0.05, 0) is 0 Å². The maximum Gasteiger partial charge on any atom is 0.307 e. The van der Waals surface area contributed by atoms with E-state index in [1.807, 2.05) is 0 Å². The van der Waals surface area contributed by atoms with Crippen LogP contribution >= 0.6 is 0 Å². The highest BCUT2D eigenvalue weighted by Crippen LogP contribution is 1.70. The second-order valence-electron chi connectivity index (χ2n) is 1.30. The monoisotopic (exact) mass is 224 g/mol. The Morgan fingerprint density at radius 3 is 1.40 bits per heavy atom. The summed E-state index contributed by atoms with van der Waals surface area (Å²) in [5.74, 6) is -1.16. The van der Waals surface area contributed by atoms with Crippen LogP contribution in [0.25, 0.3) is 0 Å². The lowest BCUT2D eigenvalue weighted by Crippen LogP contribution is -1.87. The summed E-state index contributed by atoms with van der Waals surface area (Å²) < 4.78 is 4.17. The largest absolute Gasteiger partial charge is 0.481 e. The lowest BCUT2D eigenvalue weighted by atomic mass is 10.8. The molecule has 0 aromatic heterocycles. The molecule has 0 bridgehead atoms. The van der Waals surface area contributed by atoms with Crippen LogP contribution in [0.5, 0.6) is 0 Å². The smallest absolute Gasteiger partial charge is 0.307 e. The number of carbonyl (C=O) groups excluding carboxylic acids is 1. The molecule has 7 heteroatoms. The van der Waals surface area contributed by atoms with E-state index in [1.54, 1.807) is 0 Å². The first-order valence-electron chi connectivity index (χ1n) is 3.15. The Morgan fingerprint density at radius 1 is 1.20 bits per heavy atom. The van der Waals surface area contributed by atoms with Crippen molar-refractivity contribution in [3.05, 3.63) is 35.9 Å². The Bertz CT molecular complexity index is 149. The van der Waals surface area contributed by atoms with E-state index in [0.29, 0.717) is 0 Å². The standard InChI is InChI=1S/C4H6O2.C2H4O2.C2H4.O2.H2O/c1-3-6-4(2)5;1-2(3)4;2*1-2;/h3H,1H2,2H3;1H3,(H,3,4);1-2H2;;1H2. The van der Waals surface area contributed by atoms with Crippen LogP contribution in [0.3, 0.4) is 0 Å². The van der Waals surface area contributed by atoms with E-state index < -0.39 is 5.97 Å². The van der Waals surface area contributed by atoms with Gasteiger partial charge in [-0.2, -0.15) is 0 Å². The topological polar surface area (TPSA) is 129 Å². The molecule has 0 saturated heterocycles. The van der Waals surface area contributed by atoms with Crippen molar-refractivity contribution in [1.82, 2.24) is 0 Å². The van der Waals surface area contributed by atoms with Gasteiger partial charge in [0.25, 0.3) is 5.97 Å². The van der Waals surface area contributed by atoms with Gasteiger partial charge >= 0.3 is 5.97 Å². The van der Waals surface area contributed by atoms with Crippen LogP contribution in [-0.2, 0) is 14.3 Å². The zero-order valence-corrected chi connectivity index (χ0v) is 8.69. The summed E-state index contributed by atoms with van der Waals surface area (Å²) in [6, 6.07) is 0. The molecule has 0 aliphatic carbocycles. The number of carboxylic acid groups (broad SMARTS) is 1. The summed E-state index contributed by atoms with van der Waals surface area (Å²) in [6.45, 7) is 11.6. The van der Waals surface area contributed by atoms with E-state index >= 15 is 0 Å². The molecule has 0 unspecified atom stereocenters. The summed E-state index contributed by atoms with van der Waals surface area (Å²) in [7, 11) is 0. The third-order valence-electron chi connectivity index (χ3n) is 0.249. The number of carbonyl (C=O) groups is 2. The van der Waals surface area contributed by atoms with E-state index in [-0.39, 0.29) is 11.4 Å². The van der Waals surface area contributed by atoms with Crippen LogP contribution in [0.15, 0.2) is 26.0 Å². The second-order valence-corrected chi connectivity index (χ2v) is 1.30. The molecule has 0 radical (unpaired) electrons. The molecule has 0 rings (SSSR count). The molecular formula is C8H16O7. The molecule has 0 aliphatic heterocycles. The van der Waals surface area contributed by atoms with E-state index in [9.17, 15) is 4.79 Å². The highest BCUT2D eigenvalue weighted by Gasteiger charge is 1.79. The van der Waals surface area contributed by atoms with Gasteiger partial charge in [-0.15, -0.1) is 13.2 Å². The van der Waals surface area contributed by atoms with Gasteiger partial charge in [-0.1, -0.05) is 6.58 Å². The van der Waals surface area contributed by atoms with E-state index in [2.05, 4.69) is 24.5 Å². The van der Waals surface area contributed by atoms with Crippen molar-refractivity contribution in [2.45, 2.75) is 13.8 Å². The van der Waals surface area contributed by atoms with Crippen LogP contribution in [0, 0.1) is 9.93 Å². The average Bonchev–Trinajstić information content (AvgIpc) is 2.10. The van der Waals surface area contributed by atoms with Gasteiger partial charge in [0.15, 0.2) is 0 Å². The zero-order valence-electron chi connectivity index (χ0n) is 8.69. The molecule has 90 valence electrons. The van der Waals surface area contributed by atoms with Crippen molar-refractivity contribution in [2.24, 2.45) is 0 Å². The van der Waals surface area contributed by atoms with Gasteiger partial charge in [-0.25, -0.2) is 0 Å². The van der Waals surface area contributed by atoms with E-state index in [0.717, 1.165) is 13.2 Å². The molecule has 0 aromatic carbocycles. The molecule has 15 heavy (non-hydrogen) atoms. The van der Waals surface area contributed by atoms with Crippen LogP contribution in [0.2, 0.25) is 0 Å². The van der Waals surface area contributed by atoms with Crippen molar-refractivity contribution < 1.29 is 24.9 Å². The second kappa shape index (κ2) is 40.4. The Kier molecular flexibility index (Phi) is 78.8. The Balaban J connectivity index is -0.0000000327. The maximum atomic E-state index is 9.75. The minimum atomic E-state index is -0.833. The molecule has 0 amide bonds.